The van der Waals surface area contributed by atoms with E-state index in [2.05, 4.69) is 4.90 Å². The van der Waals surface area contributed by atoms with Crippen LogP contribution in [0, 0.1) is 0 Å². The van der Waals surface area contributed by atoms with Crippen molar-refractivity contribution in [3.05, 3.63) is 22.4 Å². The van der Waals surface area contributed by atoms with E-state index in [0.717, 1.165) is 18.0 Å². The van der Waals surface area contributed by atoms with Gasteiger partial charge in [0.15, 0.2) is 0 Å². The molecule has 1 amide bonds. The van der Waals surface area contributed by atoms with Crippen LogP contribution < -0.4 is 5.73 Å². The second kappa shape index (κ2) is 6.22. The van der Waals surface area contributed by atoms with Gasteiger partial charge in [0.1, 0.15) is 6.04 Å². The van der Waals surface area contributed by atoms with Crippen LogP contribution in [0.25, 0.3) is 0 Å². The number of piperazine rings is 1. The van der Waals surface area contributed by atoms with Gasteiger partial charge in [0.05, 0.1) is 5.60 Å². The van der Waals surface area contributed by atoms with Gasteiger partial charge in [-0.3, -0.25) is 9.69 Å². The van der Waals surface area contributed by atoms with Crippen molar-refractivity contribution in [1.82, 2.24) is 9.80 Å². The summed E-state index contributed by atoms with van der Waals surface area (Å²) in [7, 11) is 0. The van der Waals surface area contributed by atoms with Crippen molar-refractivity contribution in [1.29, 1.82) is 0 Å². The van der Waals surface area contributed by atoms with Crippen LogP contribution in [0.1, 0.15) is 24.8 Å². The average molecular weight is 297 g/mol. The number of nitrogens with zero attached hydrogens (tertiary/aromatic N) is 2. The minimum absolute atomic E-state index is 0.00430. The molecular weight excluding hydrogens is 274 g/mol. The molecule has 1 atom stereocenters. The number of carbonyl (C=O) groups is 1. The molecule has 0 aromatic carbocycles. The predicted molar refractivity (Wildman–Crippen MR) is 80.6 cm³/mol. The lowest BCUT2D eigenvalue weighted by molar-refractivity contribution is -0.134. The maximum atomic E-state index is 12.3. The molecule has 0 aliphatic carbocycles. The zero-order valence-electron chi connectivity index (χ0n) is 12.1. The third kappa shape index (κ3) is 4.02. The van der Waals surface area contributed by atoms with E-state index in [4.69, 9.17) is 5.73 Å². The van der Waals surface area contributed by atoms with E-state index in [1.54, 1.807) is 13.8 Å². The lowest BCUT2D eigenvalue weighted by atomic mass is 10.1. The molecule has 1 unspecified atom stereocenters. The monoisotopic (exact) mass is 297 g/mol. The first-order valence-electron chi connectivity index (χ1n) is 6.89. The molecule has 0 bridgehead atoms. The van der Waals surface area contributed by atoms with Crippen LogP contribution in [0.3, 0.4) is 0 Å². The van der Waals surface area contributed by atoms with Crippen molar-refractivity contribution in [2.24, 2.45) is 5.73 Å². The van der Waals surface area contributed by atoms with Gasteiger partial charge in [0, 0.05) is 37.6 Å². The van der Waals surface area contributed by atoms with Crippen molar-refractivity contribution in [2.45, 2.75) is 25.5 Å². The van der Waals surface area contributed by atoms with E-state index in [1.807, 2.05) is 22.4 Å². The fourth-order valence-electron chi connectivity index (χ4n) is 2.46. The Morgan fingerprint density at radius 2 is 2.10 bits per heavy atom. The van der Waals surface area contributed by atoms with Gasteiger partial charge in [-0.1, -0.05) is 6.07 Å². The van der Waals surface area contributed by atoms with Crippen LogP contribution in [0.5, 0.6) is 0 Å². The number of hydrogen-bond donors (Lipinski definition) is 2. The second-order valence-corrected chi connectivity index (χ2v) is 6.89. The molecular formula is C14H23N3O2S. The lowest BCUT2D eigenvalue weighted by Gasteiger charge is -2.38. The predicted octanol–water partition coefficient (Wildman–Crippen LogP) is 0.663. The molecule has 1 fully saturated rings. The molecule has 1 aliphatic rings. The Hall–Kier alpha value is -0.950. The number of amides is 1. The van der Waals surface area contributed by atoms with Crippen LogP contribution >= 0.6 is 11.3 Å². The first-order chi connectivity index (χ1) is 9.37. The number of β-amino-alcohol motifs (C(OH)–C–C–N with tert-alkyl or cyclic N) is 1. The van der Waals surface area contributed by atoms with Gasteiger partial charge in [-0.2, -0.15) is 0 Å². The highest BCUT2D eigenvalue weighted by Crippen LogP contribution is 2.19. The molecule has 5 nitrogen and oxygen atoms in total. The molecule has 2 rings (SSSR count). The van der Waals surface area contributed by atoms with E-state index in [-0.39, 0.29) is 5.91 Å². The third-order valence-electron chi connectivity index (χ3n) is 3.41. The van der Waals surface area contributed by atoms with Gasteiger partial charge in [-0.15, -0.1) is 11.3 Å². The Labute approximate surface area is 124 Å². The van der Waals surface area contributed by atoms with Gasteiger partial charge >= 0.3 is 0 Å². The van der Waals surface area contributed by atoms with Gasteiger partial charge in [0.25, 0.3) is 0 Å². The van der Waals surface area contributed by atoms with E-state index in [0.29, 0.717) is 19.6 Å². The topological polar surface area (TPSA) is 69.8 Å². The van der Waals surface area contributed by atoms with E-state index >= 15 is 0 Å². The highest BCUT2D eigenvalue weighted by atomic mass is 32.1. The van der Waals surface area contributed by atoms with Crippen LogP contribution in [0.4, 0.5) is 0 Å². The van der Waals surface area contributed by atoms with Gasteiger partial charge in [-0.25, -0.2) is 0 Å². The molecule has 0 spiro atoms. The minimum atomic E-state index is -0.695. The van der Waals surface area contributed by atoms with Crippen molar-refractivity contribution < 1.29 is 9.90 Å². The summed E-state index contributed by atoms with van der Waals surface area (Å²) in [6.07, 6.45) is 0. The smallest absolute Gasteiger partial charge is 0.245 e. The standard InChI is InChI=1S/C14H23N3O2S/c1-14(2,19)10-16-5-7-17(8-6-16)13(18)12(15)11-4-3-9-20-11/h3-4,9,12,19H,5-8,10,15H2,1-2H3. The van der Waals surface area contributed by atoms with E-state index in [1.165, 1.54) is 11.3 Å². The first kappa shape index (κ1) is 15.4. The van der Waals surface area contributed by atoms with E-state index < -0.39 is 11.6 Å². The summed E-state index contributed by atoms with van der Waals surface area (Å²) in [4.78, 5) is 17.2. The highest BCUT2D eigenvalue weighted by Gasteiger charge is 2.28. The molecule has 2 heterocycles. The Bertz CT molecular complexity index is 434. The fraction of sp³-hybridized carbons (Fsp3) is 0.643. The number of carbonyl (C=O) groups excluding carboxylic acids is 1. The first-order valence-corrected chi connectivity index (χ1v) is 7.77. The minimum Gasteiger partial charge on any atom is -0.389 e. The fourth-order valence-corrected chi connectivity index (χ4v) is 3.18. The number of aliphatic hydroxyl groups is 1. The highest BCUT2D eigenvalue weighted by molar-refractivity contribution is 7.10. The Balaban J connectivity index is 1.86. The molecule has 0 radical (unpaired) electrons. The normalized spacial score (nSPS) is 19.1. The Morgan fingerprint density at radius 3 is 2.60 bits per heavy atom. The van der Waals surface area contributed by atoms with Crippen molar-refractivity contribution in [2.75, 3.05) is 32.7 Å². The zero-order valence-corrected chi connectivity index (χ0v) is 12.9. The molecule has 1 aromatic rings. The van der Waals surface area contributed by atoms with Crippen molar-refractivity contribution in [3.8, 4) is 0 Å². The van der Waals surface area contributed by atoms with Crippen LogP contribution in [-0.2, 0) is 4.79 Å². The largest absolute Gasteiger partial charge is 0.389 e. The van der Waals surface area contributed by atoms with Crippen molar-refractivity contribution >= 4 is 17.2 Å². The summed E-state index contributed by atoms with van der Waals surface area (Å²) in [5, 5.41) is 11.8. The summed E-state index contributed by atoms with van der Waals surface area (Å²) in [5.74, 6) is -0.00430. The van der Waals surface area contributed by atoms with Gasteiger partial charge in [-0.05, 0) is 25.3 Å². The molecule has 1 aromatic heterocycles. The summed E-state index contributed by atoms with van der Waals surface area (Å²) in [5.41, 5.74) is 5.32. The number of nitrogens with two attached hydrogens (primary N) is 1. The number of thiophene rings is 1. The number of hydrogen-bond acceptors (Lipinski definition) is 5. The van der Waals surface area contributed by atoms with Crippen molar-refractivity contribution in [3.63, 3.8) is 0 Å². The third-order valence-corrected chi connectivity index (χ3v) is 4.37. The molecule has 1 aliphatic heterocycles. The summed E-state index contributed by atoms with van der Waals surface area (Å²) in [6.45, 7) is 7.15. The summed E-state index contributed by atoms with van der Waals surface area (Å²) >= 11 is 1.52. The average Bonchev–Trinajstić information content (AvgIpc) is 2.90. The van der Waals surface area contributed by atoms with E-state index in [9.17, 15) is 9.90 Å². The molecule has 0 saturated carbocycles. The molecule has 1 saturated heterocycles. The molecule has 6 heteroatoms. The Morgan fingerprint density at radius 1 is 1.45 bits per heavy atom. The molecule has 20 heavy (non-hydrogen) atoms. The quantitative estimate of drug-likeness (QED) is 0.857. The van der Waals surface area contributed by atoms with Crippen LogP contribution in [-0.4, -0.2) is 59.1 Å². The van der Waals surface area contributed by atoms with Crippen LogP contribution in [0.15, 0.2) is 17.5 Å². The number of rotatable bonds is 4. The molecule has 112 valence electrons. The maximum absolute atomic E-state index is 12.3. The van der Waals surface area contributed by atoms with Gasteiger partial charge < -0.3 is 15.7 Å². The second-order valence-electron chi connectivity index (χ2n) is 5.91. The van der Waals surface area contributed by atoms with Crippen LogP contribution in [0.2, 0.25) is 0 Å². The summed E-state index contributed by atoms with van der Waals surface area (Å²) in [6, 6.07) is 3.27. The van der Waals surface area contributed by atoms with Gasteiger partial charge in [0.2, 0.25) is 5.91 Å². The summed E-state index contributed by atoms with van der Waals surface area (Å²) < 4.78 is 0. The zero-order chi connectivity index (χ0) is 14.8. The molecule has 3 N–H and O–H groups in total. The lowest BCUT2D eigenvalue weighted by Crippen LogP contribution is -2.53. The Kier molecular flexibility index (Phi) is 4.80. The maximum Gasteiger partial charge on any atom is 0.245 e. The SMILES string of the molecule is CC(C)(O)CN1CCN(C(=O)C(N)c2cccs2)CC1.